The molecule has 10 heteroatoms. The first kappa shape index (κ1) is 26.4. The molecule has 2 fully saturated rings. The van der Waals surface area contributed by atoms with E-state index in [-0.39, 0.29) is 37.4 Å². The Bertz CT molecular complexity index is 1270. The molecule has 38 heavy (non-hydrogen) atoms. The van der Waals surface area contributed by atoms with Gasteiger partial charge in [-0.1, -0.05) is 12.1 Å². The van der Waals surface area contributed by atoms with Crippen LogP contribution in [0.15, 0.2) is 42.5 Å². The fraction of sp³-hybridized carbons (Fsp3) is 0.429. The van der Waals surface area contributed by atoms with Crippen LogP contribution in [0.4, 0.5) is 13.2 Å². The normalized spacial score (nSPS) is 19.9. The molecule has 1 aromatic heterocycles. The molecule has 0 spiro atoms. The van der Waals surface area contributed by atoms with Crippen molar-refractivity contribution in [3.05, 3.63) is 71.3 Å². The highest BCUT2D eigenvalue weighted by Crippen LogP contribution is 2.30. The van der Waals surface area contributed by atoms with E-state index >= 15 is 0 Å². The number of amides is 1. The van der Waals surface area contributed by atoms with Crippen molar-refractivity contribution >= 4 is 23.0 Å². The Kier molecular flexibility index (Phi) is 7.56. The number of β-amino-alcohol motifs (C(OH)–C–C–N with tert-alkyl or cyclic N) is 1. The molecule has 2 saturated heterocycles. The quantitative estimate of drug-likeness (QED) is 0.336. The summed E-state index contributed by atoms with van der Waals surface area (Å²) in [6, 6.07) is 9.58. The third kappa shape index (κ3) is 5.62. The lowest BCUT2D eigenvalue weighted by Gasteiger charge is -2.42. The molecule has 202 valence electrons. The number of likely N-dealkylation sites (tertiary alicyclic amines) is 2. The van der Waals surface area contributed by atoms with Crippen LogP contribution in [0.25, 0.3) is 17.1 Å². The van der Waals surface area contributed by atoms with E-state index in [0.717, 1.165) is 54.9 Å². The van der Waals surface area contributed by atoms with Crippen LogP contribution >= 0.6 is 0 Å². The van der Waals surface area contributed by atoms with E-state index < -0.39 is 29.2 Å². The van der Waals surface area contributed by atoms with Gasteiger partial charge in [-0.2, -0.15) is 0 Å². The van der Waals surface area contributed by atoms with Gasteiger partial charge in [0.2, 0.25) is 5.91 Å². The van der Waals surface area contributed by atoms with Crippen molar-refractivity contribution in [2.45, 2.75) is 43.3 Å². The summed E-state index contributed by atoms with van der Waals surface area (Å²) in [5.74, 6) is -3.28. The van der Waals surface area contributed by atoms with Gasteiger partial charge >= 0.3 is 0 Å². The van der Waals surface area contributed by atoms with Crippen LogP contribution in [-0.2, 0) is 4.79 Å². The van der Waals surface area contributed by atoms with Crippen molar-refractivity contribution in [2.75, 3.05) is 32.7 Å². The molecule has 3 heterocycles. The standard InChI is InChI=1S/C28H31F3N4O3/c29-20-15-18(16-21(30)26(20)31)5-6-25(37)35-13-9-28(38,10-14-35)24(36)17-34-11-7-19(8-12-34)27-32-22-3-1-2-4-23(22)33-27/h1-6,15-16,19,24,36,38H,7-14,17H2,(H,32,33). The number of aromatic amines is 1. The Balaban J connectivity index is 1.10. The molecule has 3 N–H and O–H groups in total. The number of hydrogen-bond donors (Lipinski definition) is 3. The van der Waals surface area contributed by atoms with Crippen molar-refractivity contribution < 1.29 is 28.2 Å². The van der Waals surface area contributed by atoms with Gasteiger partial charge in [0.1, 0.15) is 5.82 Å². The number of hydrogen-bond acceptors (Lipinski definition) is 5. The average molecular weight is 529 g/mol. The fourth-order valence-corrected chi connectivity index (χ4v) is 5.36. The Morgan fingerprint density at radius 3 is 2.42 bits per heavy atom. The van der Waals surface area contributed by atoms with E-state index in [0.29, 0.717) is 12.5 Å². The highest BCUT2D eigenvalue weighted by molar-refractivity contribution is 5.91. The third-order valence-electron chi connectivity index (χ3n) is 7.80. The van der Waals surface area contributed by atoms with Gasteiger partial charge in [0.05, 0.1) is 22.7 Å². The SMILES string of the molecule is O=C(C=Cc1cc(F)c(F)c(F)c1)N1CCC(O)(C(O)CN2CCC(c3nc4ccccc4[nH]3)CC2)CC1. The van der Waals surface area contributed by atoms with Crippen molar-refractivity contribution in [2.24, 2.45) is 0 Å². The zero-order chi connectivity index (χ0) is 26.9. The average Bonchev–Trinajstić information content (AvgIpc) is 3.35. The van der Waals surface area contributed by atoms with Gasteiger partial charge in [-0.15, -0.1) is 0 Å². The summed E-state index contributed by atoms with van der Waals surface area (Å²) in [7, 11) is 0. The molecule has 2 aliphatic heterocycles. The molecule has 1 unspecified atom stereocenters. The summed E-state index contributed by atoms with van der Waals surface area (Å²) in [5.41, 5.74) is 0.712. The van der Waals surface area contributed by atoms with E-state index in [9.17, 15) is 28.2 Å². The number of para-hydroxylation sites is 2. The minimum Gasteiger partial charge on any atom is -0.389 e. The van der Waals surface area contributed by atoms with Gasteiger partial charge in [-0.25, -0.2) is 18.2 Å². The maximum absolute atomic E-state index is 13.4. The van der Waals surface area contributed by atoms with Crippen molar-refractivity contribution in [3.63, 3.8) is 0 Å². The minimum absolute atomic E-state index is 0.0304. The zero-order valence-corrected chi connectivity index (χ0v) is 20.9. The summed E-state index contributed by atoms with van der Waals surface area (Å²) in [5, 5.41) is 22.0. The summed E-state index contributed by atoms with van der Waals surface area (Å²) in [4.78, 5) is 24.3. The summed E-state index contributed by atoms with van der Waals surface area (Å²) >= 11 is 0. The van der Waals surface area contributed by atoms with Crippen LogP contribution < -0.4 is 0 Å². The number of benzene rings is 2. The lowest BCUT2D eigenvalue weighted by molar-refractivity contribution is -0.140. The highest BCUT2D eigenvalue weighted by atomic mass is 19.2. The number of carbonyl (C=O) groups is 1. The first-order valence-corrected chi connectivity index (χ1v) is 12.9. The van der Waals surface area contributed by atoms with Crippen LogP contribution in [0.2, 0.25) is 0 Å². The number of fused-ring (bicyclic) bond motifs is 1. The molecule has 0 aliphatic carbocycles. The summed E-state index contributed by atoms with van der Waals surface area (Å²) in [6.07, 6.45) is 3.66. The molecular formula is C28H31F3N4O3. The third-order valence-corrected chi connectivity index (χ3v) is 7.80. The van der Waals surface area contributed by atoms with E-state index in [2.05, 4.69) is 9.88 Å². The second-order valence-corrected chi connectivity index (χ2v) is 10.3. The molecule has 1 amide bonds. The lowest BCUT2D eigenvalue weighted by Crippen LogP contribution is -2.56. The number of rotatable bonds is 6. The summed E-state index contributed by atoms with van der Waals surface area (Å²) < 4.78 is 39.9. The van der Waals surface area contributed by atoms with Crippen LogP contribution in [0, 0.1) is 17.5 Å². The largest absolute Gasteiger partial charge is 0.389 e. The number of piperidine rings is 2. The first-order chi connectivity index (χ1) is 18.2. The van der Waals surface area contributed by atoms with E-state index in [4.69, 9.17) is 4.98 Å². The number of imidazole rings is 1. The van der Waals surface area contributed by atoms with Crippen LogP contribution in [0.1, 0.15) is 43.0 Å². The van der Waals surface area contributed by atoms with Gasteiger partial charge in [-0.3, -0.25) is 4.79 Å². The molecule has 3 aromatic rings. The zero-order valence-electron chi connectivity index (χ0n) is 20.9. The number of halogens is 3. The van der Waals surface area contributed by atoms with Gasteiger partial charge in [0.15, 0.2) is 17.5 Å². The Morgan fingerprint density at radius 1 is 1.11 bits per heavy atom. The lowest BCUT2D eigenvalue weighted by atomic mass is 9.85. The molecule has 2 aliphatic rings. The number of H-pyrrole nitrogens is 1. The highest BCUT2D eigenvalue weighted by Gasteiger charge is 2.40. The molecule has 2 aromatic carbocycles. The van der Waals surface area contributed by atoms with Crippen molar-refractivity contribution in [3.8, 4) is 0 Å². The fourth-order valence-electron chi connectivity index (χ4n) is 5.36. The maximum Gasteiger partial charge on any atom is 0.246 e. The minimum atomic E-state index is -1.56. The van der Waals surface area contributed by atoms with Crippen LogP contribution in [0.3, 0.4) is 0 Å². The van der Waals surface area contributed by atoms with Crippen molar-refractivity contribution in [1.29, 1.82) is 0 Å². The second-order valence-electron chi connectivity index (χ2n) is 10.3. The van der Waals surface area contributed by atoms with Crippen LogP contribution in [-0.4, -0.2) is 80.3 Å². The molecule has 7 nitrogen and oxygen atoms in total. The monoisotopic (exact) mass is 528 g/mol. The van der Waals surface area contributed by atoms with Gasteiger partial charge in [0, 0.05) is 31.6 Å². The number of nitrogens with zero attached hydrogens (tertiary/aromatic N) is 3. The Labute approximate surface area is 218 Å². The van der Waals surface area contributed by atoms with E-state index in [1.54, 1.807) is 0 Å². The number of aromatic nitrogens is 2. The Morgan fingerprint density at radius 2 is 1.76 bits per heavy atom. The smallest absolute Gasteiger partial charge is 0.246 e. The van der Waals surface area contributed by atoms with Crippen LogP contribution in [0.5, 0.6) is 0 Å². The number of aliphatic hydroxyl groups excluding tert-OH is 1. The Hall–Kier alpha value is -3.21. The second kappa shape index (κ2) is 10.9. The predicted molar refractivity (Wildman–Crippen MR) is 137 cm³/mol. The molecule has 5 rings (SSSR count). The molecule has 0 bridgehead atoms. The summed E-state index contributed by atoms with van der Waals surface area (Å²) in [6.45, 7) is 2.39. The topological polar surface area (TPSA) is 92.7 Å². The van der Waals surface area contributed by atoms with Gasteiger partial charge in [0.25, 0.3) is 0 Å². The maximum atomic E-state index is 13.4. The first-order valence-electron chi connectivity index (χ1n) is 12.9. The molecule has 0 radical (unpaired) electrons. The number of carbonyl (C=O) groups excluding carboxylic acids is 1. The van der Waals surface area contributed by atoms with E-state index in [1.165, 1.54) is 17.1 Å². The number of nitrogens with one attached hydrogen (secondary N) is 1. The number of aliphatic hydroxyl groups is 2. The van der Waals surface area contributed by atoms with Gasteiger partial charge in [-0.05, 0) is 74.7 Å². The van der Waals surface area contributed by atoms with Crippen molar-refractivity contribution in [1.82, 2.24) is 19.8 Å². The molecular weight excluding hydrogens is 497 g/mol. The predicted octanol–water partition coefficient (Wildman–Crippen LogP) is 3.59. The molecule has 1 atom stereocenters. The molecule has 0 saturated carbocycles. The van der Waals surface area contributed by atoms with E-state index in [1.807, 2.05) is 24.3 Å². The van der Waals surface area contributed by atoms with Gasteiger partial charge < -0.3 is 25.0 Å².